The Labute approximate surface area is 116 Å². The smallest absolute Gasteiger partial charge is 0.160 e. The van der Waals surface area contributed by atoms with Crippen molar-refractivity contribution in [2.45, 2.75) is 51.0 Å². The fraction of sp³-hybridized carbons (Fsp3) is 0.625. The molecule has 0 unspecified atom stereocenters. The molecule has 3 nitrogen and oxygen atoms in total. The van der Waals surface area contributed by atoms with Crippen LogP contribution in [-0.4, -0.2) is 24.8 Å². The van der Waals surface area contributed by atoms with Crippen molar-refractivity contribution in [3.63, 3.8) is 0 Å². The van der Waals surface area contributed by atoms with Gasteiger partial charge in [0.2, 0.25) is 0 Å². The second kappa shape index (κ2) is 7.39. The van der Waals surface area contributed by atoms with Gasteiger partial charge in [0.1, 0.15) is 0 Å². The molecule has 1 aromatic rings. The zero-order valence-electron chi connectivity index (χ0n) is 11.8. The molecule has 1 aliphatic rings. The number of aromatic hydroxyl groups is 1. The van der Waals surface area contributed by atoms with Crippen molar-refractivity contribution in [3.05, 3.63) is 23.8 Å². The minimum atomic E-state index is 0.236. The van der Waals surface area contributed by atoms with E-state index in [1.807, 2.05) is 12.1 Å². The lowest BCUT2D eigenvalue weighted by molar-refractivity contribution is 0.370. The molecule has 106 valence electrons. The van der Waals surface area contributed by atoms with Gasteiger partial charge in [0, 0.05) is 6.04 Å². The molecule has 0 aromatic heterocycles. The largest absolute Gasteiger partial charge is 0.504 e. The summed E-state index contributed by atoms with van der Waals surface area (Å²) in [5.41, 5.74) is 1.17. The van der Waals surface area contributed by atoms with Gasteiger partial charge in [-0.1, -0.05) is 25.3 Å². The van der Waals surface area contributed by atoms with Crippen molar-refractivity contribution in [2.75, 3.05) is 13.7 Å². The molecule has 0 aliphatic heterocycles. The molecule has 1 aliphatic carbocycles. The number of benzene rings is 1. The van der Waals surface area contributed by atoms with E-state index in [0.29, 0.717) is 5.75 Å². The SMILES string of the molecule is COc1ccc(CCCNC2CCCCC2)cc1O. The van der Waals surface area contributed by atoms with Crippen LogP contribution < -0.4 is 10.1 Å². The highest BCUT2D eigenvalue weighted by Gasteiger charge is 2.11. The van der Waals surface area contributed by atoms with Crippen molar-refractivity contribution < 1.29 is 9.84 Å². The number of nitrogens with one attached hydrogen (secondary N) is 1. The summed E-state index contributed by atoms with van der Waals surface area (Å²) in [5, 5.41) is 13.4. The predicted octanol–water partition coefficient (Wildman–Crippen LogP) is 3.26. The van der Waals surface area contributed by atoms with Crippen molar-refractivity contribution >= 4 is 0 Å². The number of rotatable bonds is 6. The Morgan fingerprint density at radius 1 is 1.26 bits per heavy atom. The van der Waals surface area contributed by atoms with Crippen LogP contribution in [0, 0.1) is 0 Å². The normalized spacial score (nSPS) is 16.5. The van der Waals surface area contributed by atoms with Crippen LogP contribution in [0.1, 0.15) is 44.1 Å². The van der Waals surface area contributed by atoms with Crippen molar-refractivity contribution in [1.29, 1.82) is 0 Å². The second-order valence-corrected chi connectivity index (χ2v) is 5.40. The van der Waals surface area contributed by atoms with Crippen LogP contribution in [0.5, 0.6) is 11.5 Å². The lowest BCUT2D eigenvalue weighted by Gasteiger charge is -2.22. The Morgan fingerprint density at radius 3 is 2.74 bits per heavy atom. The summed E-state index contributed by atoms with van der Waals surface area (Å²) in [5.74, 6) is 0.782. The molecule has 19 heavy (non-hydrogen) atoms. The van der Waals surface area contributed by atoms with Gasteiger partial charge in [-0.15, -0.1) is 0 Å². The summed E-state index contributed by atoms with van der Waals surface area (Å²) >= 11 is 0. The first kappa shape index (κ1) is 14.2. The standard InChI is InChI=1S/C16H25NO2/c1-19-16-10-9-13(12-15(16)18)6-5-11-17-14-7-3-2-4-8-14/h9-10,12,14,17-18H,2-8,11H2,1H3. The van der Waals surface area contributed by atoms with Crippen LogP contribution in [-0.2, 0) is 6.42 Å². The number of phenolic OH excluding ortho intramolecular Hbond substituents is 1. The fourth-order valence-corrected chi connectivity index (χ4v) is 2.80. The number of methoxy groups -OCH3 is 1. The molecular formula is C16H25NO2. The van der Waals surface area contributed by atoms with E-state index in [4.69, 9.17) is 4.74 Å². The molecule has 3 heteroatoms. The molecule has 0 spiro atoms. The van der Waals surface area contributed by atoms with E-state index in [1.54, 1.807) is 13.2 Å². The topological polar surface area (TPSA) is 41.5 Å². The molecule has 0 radical (unpaired) electrons. The zero-order valence-corrected chi connectivity index (χ0v) is 11.8. The van der Waals surface area contributed by atoms with Crippen LogP contribution in [0.2, 0.25) is 0 Å². The molecule has 0 amide bonds. The van der Waals surface area contributed by atoms with E-state index in [0.717, 1.165) is 25.4 Å². The van der Waals surface area contributed by atoms with Crippen LogP contribution in [0.3, 0.4) is 0 Å². The third-order valence-corrected chi connectivity index (χ3v) is 3.92. The zero-order chi connectivity index (χ0) is 13.5. The van der Waals surface area contributed by atoms with Crippen molar-refractivity contribution in [1.82, 2.24) is 5.32 Å². The van der Waals surface area contributed by atoms with Gasteiger partial charge in [0.15, 0.2) is 11.5 Å². The van der Waals surface area contributed by atoms with Crippen LogP contribution in [0.25, 0.3) is 0 Å². The Hall–Kier alpha value is -1.22. The second-order valence-electron chi connectivity index (χ2n) is 5.40. The maximum absolute atomic E-state index is 9.71. The number of phenols is 1. The summed E-state index contributed by atoms with van der Waals surface area (Å²) < 4.78 is 5.04. The van der Waals surface area contributed by atoms with E-state index in [2.05, 4.69) is 5.32 Å². The molecule has 0 saturated heterocycles. The quantitative estimate of drug-likeness (QED) is 0.774. The number of hydrogen-bond acceptors (Lipinski definition) is 3. The van der Waals surface area contributed by atoms with Crippen LogP contribution in [0.4, 0.5) is 0 Å². The first-order chi connectivity index (χ1) is 9.29. The molecular weight excluding hydrogens is 238 g/mol. The molecule has 2 rings (SSSR count). The highest BCUT2D eigenvalue weighted by atomic mass is 16.5. The molecule has 1 aromatic carbocycles. The Balaban J connectivity index is 1.69. The van der Waals surface area contributed by atoms with E-state index < -0.39 is 0 Å². The Bertz CT molecular complexity index is 386. The lowest BCUT2D eigenvalue weighted by atomic mass is 9.95. The number of ether oxygens (including phenoxy) is 1. The Kier molecular flexibility index (Phi) is 5.52. The molecule has 0 atom stereocenters. The maximum Gasteiger partial charge on any atom is 0.160 e. The molecule has 0 heterocycles. The highest BCUT2D eigenvalue weighted by molar-refractivity contribution is 5.41. The van der Waals surface area contributed by atoms with Gasteiger partial charge in [0.05, 0.1) is 7.11 Å². The van der Waals surface area contributed by atoms with Crippen LogP contribution in [0.15, 0.2) is 18.2 Å². The van der Waals surface area contributed by atoms with Gasteiger partial charge in [-0.2, -0.15) is 0 Å². The van der Waals surface area contributed by atoms with Gasteiger partial charge >= 0.3 is 0 Å². The number of aryl methyl sites for hydroxylation is 1. The minimum absolute atomic E-state index is 0.236. The van der Waals surface area contributed by atoms with Crippen molar-refractivity contribution in [2.24, 2.45) is 0 Å². The number of hydrogen-bond donors (Lipinski definition) is 2. The molecule has 2 N–H and O–H groups in total. The van der Waals surface area contributed by atoms with Gasteiger partial charge in [0.25, 0.3) is 0 Å². The van der Waals surface area contributed by atoms with E-state index >= 15 is 0 Å². The first-order valence-corrected chi connectivity index (χ1v) is 7.39. The third-order valence-electron chi connectivity index (χ3n) is 3.92. The summed E-state index contributed by atoms with van der Waals surface area (Å²) in [4.78, 5) is 0. The average Bonchev–Trinajstić information content (AvgIpc) is 2.45. The van der Waals surface area contributed by atoms with Crippen molar-refractivity contribution in [3.8, 4) is 11.5 Å². The van der Waals surface area contributed by atoms with Crippen LogP contribution >= 0.6 is 0 Å². The Morgan fingerprint density at radius 2 is 2.05 bits per heavy atom. The average molecular weight is 263 g/mol. The van der Waals surface area contributed by atoms with Gasteiger partial charge in [-0.3, -0.25) is 0 Å². The highest BCUT2D eigenvalue weighted by Crippen LogP contribution is 2.26. The van der Waals surface area contributed by atoms with Gasteiger partial charge in [-0.25, -0.2) is 0 Å². The van der Waals surface area contributed by atoms with Gasteiger partial charge < -0.3 is 15.2 Å². The fourth-order valence-electron chi connectivity index (χ4n) is 2.80. The summed E-state index contributed by atoms with van der Waals surface area (Å²) in [6.45, 7) is 1.07. The molecule has 1 fully saturated rings. The van der Waals surface area contributed by atoms with E-state index in [-0.39, 0.29) is 5.75 Å². The molecule has 0 bridgehead atoms. The van der Waals surface area contributed by atoms with Gasteiger partial charge in [-0.05, 0) is 49.9 Å². The third kappa shape index (κ3) is 4.43. The molecule has 1 saturated carbocycles. The summed E-state index contributed by atoms with van der Waals surface area (Å²) in [6, 6.07) is 6.40. The monoisotopic (exact) mass is 263 g/mol. The summed E-state index contributed by atoms with van der Waals surface area (Å²) in [6.07, 6.45) is 8.95. The minimum Gasteiger partial charge on any atom is -0.504 e. The predicted molar refractivity (Wildman–Crippen MR) is 77.9 cm³/mol. The van der Waals surface area contributed by atoms with E-state index in [9.17, 15) is 5.11 Å². The van der Waals surface area contributed by atoms with E-state index in [1.165, 1.54) is 37.7 Å². The summed E-state index contributed by atoms with van der Waals surface area (Å²) in [7, 11) is 1.57. The first-order valence-electron chi connectivity index (χ1n) is 7.39. The maximum atomic E-state index is 9.71. The lowest BCUT2D eigenvalue weighted by Crippen LogP contribution is -2.31.